The average Bonchev–Trinajstić information content (AvgIpc) is 2.83. The van der Waals surface area contributed by atoms with Gasteiger partial charge in [-0.05, 0) is 48.0 Å². The maximum absolute atomic E-state index is 13.0. The first-order chi connectivity index (χ1) is 15.6. The fourth-order valence-electron chi connectivity index (χ4n) is 3.45. The van der Waals surface area contributed by atoms with Gasteiger partial charge >= 0.3 is 6.03 Å². The van der Waals surface area contributed by atoms with E-state index in [4.69, 9.17) is 4.74 Å². The quantitative estimate of drug-likeness (QED) is 0.569. The molecule has 0 saturated carbocycles. The Morgan fingerprint density at radius 1 is 0.969 bits per heavy atom. The summed E-state index contributed by atoms with van der Waals surface area (Å²) in [7, 11) is 0. The van der Waals surface area contributed by atoms with Crippen molar-refractivity contribution in [1.82, 2.24) is 14.8 Å². The van der Waals surface area contributed by atoms with Crippen molar-refractivity contribution in [2.75, 3.05) is 31.5 Å². The molecule has 1 aliphatic heterocycles. The van der Waals surface area contributed by atoms with Gasteiger partial charge in [0.15, 0.2) is 0 Å². The molecule has 1 aliphatic rings. The van der Waals surface area contributed by atoms with E-state index in [1.807, 2.05) is 36.4 Å². The van der Waals surface area contributed by atoms with E-state index in [2.05, 4.69) is 26.2 Å². The average molecular weight is 495 g/mol. The zero-order valence-electron chi connectivity index (χ0n) is 17.4. The van der Waals surface area contributed by atoms with Crippen LogP contribution in [0.5, 0.6) is 5.75 Å². The Morgan fingerprint density at radius 2 is 1.75 bits per heavy atom. The summed E-state index contributed by atoms with van der Waals surface area (Å²) >= 11 is 3.46. The maximum atomic E-state index is 13.0. The SMILES string of the molecule is O=C(Nc1cccnc1)N1CCN(C(=O)c2cccc(OCc3cccc(Br)c3)c2)CC1. The highest BCUT2D eigenvalue weighted by Crippen LogP contribution is 2.19. The second kappa shape index (κ2) is 10.3. The van der Waals surface area contributed by atoms with Crippen LogP contribution in [-0.4, -0.2) is 52.9 Å². The monoisotopic (exact) mass is 494 g/mol. The molecule has 3 aromatic rings. The van der Waals surface area contributed by atoms with E-state index in [-0.39, 0.29) is 11.9 Å². The van der Waals surface area contributed by atoms with Crippen LogP contribution in [0.4, 0.5) is 10.5 Å². The second-order valence-electron chi connectivity index (χ2n) is 7.40. The minimum Gasteiger partial charge on any atom is -0.489 e. The van der Waals surface area contributed by atoms with Crippen molar-refractivity contribution in [3.05, 3.63) is 88.7 Å². The first kappa shape index (κ1) is 21.8. The van der Waals surface area contributed by atoms with Gasteiger partial charge in [-0.25, -0.2) is 4.79 Å². The van der Waals surface area contributed by atoms with Gasteiger partial charge in [0.05, 0.1) is 11.9 Å². The molecule has 164 valence electrons. The Labute approximate surface area is 195 Å². The Morgan fingerprint density at radius 3 is 2.50 bits per heavy atom. The van der Waals surface area contributed by atoms with Crippen molar-refractivity contribution in [1.29, 1.82) is 0 Å². The molecule has 2 aromatic carbocycles. The van der Waals surface area contributed by atoms with Crippen molar-refractivity contribution in [2.24, 2.45) is 0 Å². The molecule has 4 rings (SSSR count). The van der Waals surface area contributed by atoms with Crippen molar-refractivity contribution >= 4 is 33.6 Å². The highest BCUT2D eigenvalue weighted by molar-refractivity contribution is 9.10. The van der Waals surface area contributed by atoms with Crippen LogP contribution in [0.15, 0.2) is 77.5 Å². The number of hydrogen-bond acceptors (Lipinski definition) is 4. The predicted molar refractivity (Wildman–Crippen MR) is 126 cm³/mol. The van der Waals surface area contributed by atoms with Crippen LogP contribution in [0, 0.1) is 0 Å². The lowest BCUT2D eigenvalue weighted by Gasteiger charge is -2.34. The van der Waals surface area contributed by atoms with Gasteiger partial charge in [0.1, 0.15) is 12.4 Å². The number of nitrogens with zero attached hydrogens (tertiary/aromatic N) is 3. The Hall–Kier alpha value is -3.39. The first-order valence-electron chi connectivity index (χ1n) is 10.3. The van der Waals surface area contributed by atoms with Crippen LogP contribution in [0.2, 0.25) is 0 Å². The summed E-state index contributed by atoms with van der Waals surface area (Å²) in [6, 6.07) is 18.5. The molecule has 1 fully saturated rings. The van der Waals surface area contributed by atoms with Crippen LogP contribution in [0.25, 0.3) is 0 Å². The van der Waals surface area contributed by atoms with E-state index in [0.29, 0.717) is 49.8 Å². The normalized spacial score (nSPS) is 13.5. The van der Waals surface area contributed by atoms with Gasteiger partial charge in [0.25, 0.3) is 5.91 Å². The summed E-state index contributed by atoms with van der Waals surface area (Å²) < 4.78 is 6.87. The Balaban J connectivity index is 1.31. The van der Waals surface area contributed by atoms with Crippen LogP contribution in [0.3, 0.4) is 0 Å². The van der Waals surface area contributed by atoms with Crippen LogP contribution in [0.1, 0.15) is 15.9 Å². The predicted octanol–water partition coefficient (Wildman–Crippen LogP) is 4.41. The molecule has 3 amide bonds. The number of aromatic nitrogens is 1. The molecular weight excluding hydrogens is 472 g/mol. The molecule has 0 unspecified atom stereocenters. The standard InChI is InChI=1S/C24H23BrN4O3/c25-20-6-1-4-18(14-20)17-32-22-8-2-5-19(15-22)23(30)28-10-12-29(13-11-28)24(31)27-21-7-3-9-26-16-21/h1-9,14-16H,10-13,17H2,(H,27,31). The number of hydrogen-bond donors (Lipinski definition) is 1. The molecule has 8 heteroatoms. The topological polar surface area (TPSA) is 74.8 Å². The zero-order valence-corrected chi connectivity index (χ0v) is 19.0. The minimum atomic E-state index is -0.187. The molecule has 0 spiro atoms. The lowest BCUT2D eigenvalue weighted by atomic mass is 10.1. The van der Waals surface area contributed by atoms with Crippen LogP contribution in [-0.2, 0) is 6.61 Å². The number of ether oxygens (including phenoxy) is 1. The van der Waals surface area contributed by atoms with Crippen molar-refractivity contribution in [3.63, 3.8) is 0 Å². The number of piperazine rings is 1. The van der Waals surface area contributed by atoms with Crippen molar-refractivity contribution < 1.29 is 14.3 Å². The van der Waals surface area contributed by atoms with E-state index >= 15 is 0 Å². The lowest BCUT2D eigenvalue weighted by molar-refractivity contribution is 0.0671. The third-order valence-corrected chi connectivity index (χ3v) is 5.64. The molecule has 1 N–H and O–H groups in total. The number of halogens is 1. The molecular formula is C24H23BrN4O3. The number of nitrogens with one attached hydrogen (secondary N) is 1. The number of carbonyl (C=O) groups excluding carboxylic acids is 2. The summed E-state index contributed by atoms with van der Waals surface area (Å²) in [5.41, 5.74) is 2.26. The van der Waals surface area contributed by atoms with E-state index in [0.717, 1.165) is 10.0 Å². The van der Waals surface area contributed by atoms with Crippen molar-refractivity contribution in [3.8, 4) is 5.75 Å². The molecule has 32 heavy (non-hydrogen) atoms. The third kappa shape index (κ3) is 5.64. The molecule has 0 bridgehead atoms. The maximum Gasteiger partial charge on any atom is 0.322 e. The second-order valence-corrected chi connectivity index (χ2v) is 8.31. The number of pyridine rings is 1. The highest BCUT2D eigenvalue weighted by atomic mass is 79.9. The molecule has 0 atom stereocenters. The zero-order chi connectivity index (χ0) is 22.3. The first-order valence-corrected chi connectivity index (χ1v) is 11.1. The van der Waals surface area contributed by atoms with Gasteiger partial charge in [0.2, 0.25) is 0 Å². The van der Waals surface area contributed by atoms with E-state index < -0.39 is 0 Å². The van der Waals surface area contributed by atoms with Gasteiger partial charge in [0, 0.05) is 42.4 Å². The third-order valence-electron chi connectivity index (χ3n) is 5.14. The van der Waals surface area contributed by atoms with Crippen LogP contribution < -0.4 is 10.1 Å². The number of anilines is 1. The van der Waals surface area contributed by atoms with Crippen LogP contribution >= 0.6 is 15.9 Å². The van der Waals surface area contributed by atoms with Crippen molar-refractivity contribution in [2.45, 2.75) is 6.61 Å². The molecule has 1 aromatic heterocycles. The number of amides is 3. The van der Waals surface area contributed by atoms with Gasteiger partial charge in [-0.3, -0.25) is 9.78 Å². The Kier molecular flexibility index (Phi) is 7.01. The minimum absolute atomic E-state index is 0.0646. The summed E-state index contributed by atoms with van der Waals surface area (Å²) in [6.45, 7) is 2.31. The van der Waals surface area contributed by atoms with E-state index in [9.17, 15) is 9.59 Å². The van der Waals surface area contributed by atoms with E-state index in [1.54, 1.807) is 46.5 Å². The summed E-state index contributed by atoms with van der Waals surface area (Å²) in [5.74, 6) is 0.579. The smallest absolute Gasteiger partial charge is 0.322 e. The lowest BCUT2D eigenvalue weighted by Crippen LogP contribution is -2.51. The summed E-state index contributed by atoms with van der Waals surface area (Å²) in [5, 5.41) is 2.83. The number of rotatable bonds is 5. The van der Waals surface area contributed by atoms with Gasteiger partial charge in [-0.2, -0.15) is 0 Å². The molecule has 2 heterocycles. The van der Waals surface area contributed by atoms with Gasteiger partial charge in [-0.15, -0.1) is 0 Å². The Bertz CT molecular complexity index is 1090. The fraction of sp³-hybridized carbons (Fsp3) is 0.208. The molecule has 1 saturated heterocycles. The highest BCUT2D eigenvalue weighted by Gasteiger charge is 2.25. The largest absolute Gasteiger partial charge is 0.489 e. The molecule has 7 nitrogen and oxygen atoms in total. The molecule has 0 aliphatic carbocycles. The number of urea groups is 1. The fourth-order valence-corrected chi connectivity index (χ4v) is 3.89. The molecule has 0 radical (unpaired) electrons. The number of benzene rings is 2. The van der Waals surface area contributed by atoms with Gasteiger partial charge in [-0.1, -0.05) is 34.1 Å². The van der Waals surface area contributed by atoms with E-state index in [1.165, 1.54) is 0 Å². The summed E-state index contributed by atoms with van der Waals surface area (Å²) in [4.78, 5) is 32.9. The van der Waals surface area contributed by atoms with Gasteiger partial charge < -0.3 is 19.9 Å². The number of carbonyl (C=O) groups is 2. The summed E-state index contributed by atoms with van der Waals surface area (Å²) in [6.07, 6.45) is 3.25.